The second-order valence-corrected chi connectivity index (χ2v) is 7.37. The lowest BCUT2D eigenvalue weighted by Gasteiger charge is -2.22. The van der Waals surface area contributed by atoms with Crippen LogP contribution in [-0.4, -0.2) is 35.6 Å². The predicted octanol–water partition coefficient (Wildman–Crippen LogP) is 2.77. The van der Waals surface area contributed by atoms with E-state index in [1.54, 1.807) is 0 Å². The molecule has 0 radical (unpaired) electrons. The van der Waals surface area contributed by atoms with Gasteiger partial charge in [-0.05, 0) is 44.0 Å². The zero-order chi connectivity index (χ0) is 18.0. The monoisotopic (exact) mass is 339 g/mol. The number of fused-ring (bicyclic) bond motifs is 3. The van der Waals surface area contributed by atoms with E-state index in [1.807, 2.05) is 36.4 Å². The molecule has 1 aliphatic rings. The molecule has 4 N–H and O–H groups in total. The number of aliphatic hydroxyl groups excluding tert-OH is 1. The number of benzene rings is 2. The Morgan fingerprint density at radius 1 is 1.08 bits per heavy atom. The molecule has 0 fully saturated rings. The van der Waals surface area contributed by atoms with E-state index in [1.165, 1.54) is 0 Å². The van der Waals surface area contributed by atoms with E-state index in [9.17, 15) is 5.11 Å². The number of rotatable bonds is 5. The number of nitrogen functional groups attached to an aromatic ring is 1. The van der Waals surface area contributed by atoms with Crippen LogP contribution in [0.1, 0.15) is 31.9 Å². The molecule has 0 aromatic heterocycles. The Morgan fingerprint density at radius 2 is 1.76 bits per heavy atom. The van der Waals surface area contributed by atoms with Crippen molar-refractivity contribution in [1.29, 1.82) is 0 Å². The maximum absolute atomic E-state index is 10.0. The summed E-state index contributed by atoms with van der Waals surface area (Å²) in [6, 6.07) is 13.9. The molecule has 2 aromatic carbocycles. The van der Waals surface area contributed by atoms with E-state index < -0.39 is 6.10 Å². The Hall–Kier alpha value is -2.37. The van der Waals surface area contributed by atoms with Crippen molar-refractivity contribution in [3.63, 3.8) is 0 Å². The Labute approximate surface area is 148 Å². The molecule has 132 valence electrons. The molecule has 25 heavy (non-hydrogen) atoms. The minimum absolute atomic E-state index is 0.0479. The van der Waals surface area contributed by atoms with Crippen LogP contribution >= 0.6 is 0 Å². The van der Waals surface area contributed by atoms with Gasteiger partial charge in [-0.2, -0.15) is 0 Å². The number of aliphatic hydroxyl groups is 1. The van der Waals surface area contributed by atoms with Crippen LogP contribution in [-0.2, 0) is 4.84 Å². The van der Waals surface area contributed by atoms with Gasteiger partial charge in [0.05, 0.1) is 0 Å². The molecule has 0 spiro atoms. The highest BCUT2D eigenvalue weighted by Gasteiger charge is 2.25. The van der Waals surface area contributed by atoms with Crippen molar-refractivity contribution in [2.75, 3.05) is 18.9 Å². The van der Waals surface area contributed by atoms with Gasteiger partial charge >= 0.3 is 0 Å². The van der Waals surface area contributed by atoms with Gasteiger partial charge in [-0.3, -0.25) is 0 Å². The molecule has 1 atom stereocenters. The molecule has 2 aromatic rings. The van der Waals surface area contributed by atoms with Crippen molar-refractivity contribution in [3.8, 4) is 11.1 Å². The maximum atomic E-state index is 10.0. The number of nitrogens with zero attached hydrogens (tertiary/aromatic N) is 1. The Morgan fingerprint density at radius 3 is 2.48 bits per heavy atom. The number of hydrogen-bond donors (Lipinski definition) is 3. The van der Waals surface area contributed by atoms with Crippen LogP contribution < -0.4 is 11.1 Å². The highest BCUT2D eigenvalue weighted by molar-refractivity contribution is 6.24. The van der Waals surface area contributed by atoms with Gasteiger partial charge in [0.2, 0.25) is 0 Å². The van der Waals surface area contributed by atoms with Gasteiger partial charge in [-0.1, -0.05) is 35.5 Å². The van der Waals surface area contributed by atoms with Gasteiger partial charge in [0.1, 0.15) is 18.4 Å². The normalized spacial score (nSPS) is 15.8. The summed E-state index contributed by atoms with van der Waals surface area (Å²) in [4.78, 5) is 5.46. The number of oxime groups is 1. The topological polar surface area (TPSA) is 79.9 Å². The van der Waals surface area contributed by atoms with Crippen LogP contribution in [0.5, 0.6) is 0 Å². The molecule has 0 saturated carbocycles. The summed E-state index contributed by atoms with van der Waals surface area (Å²) < 4.78 is 0. The van der Waals surface area contributed by atoms with Gasteiger partial charge in [-0.25, -0.2) is 0 Å². The maximum Gasteiger partial charge on any atom is 0.144 e. The van der Waals surface area contributed by atoms with Crippen LogP contribution in [0.15, 0.2) is 47.6 Å². The van der Waals surface area contributed by atoms with Gasteiger partial charge < -0.3 is 21.0 Å². The van der Waals surface area contributed by atoms with Crippen LogP contribution in [0, 0.1) is 0 Å². The van der Waals surface area contributed by atoms with Crippen LogP contribution in [0.3, 0.4) is 0 Å². The molecule has 5 nitrogen and oxygen atoms in total. The van der Waals surface area contributed by atoms with E-state index in [0.717, 1.165) is 28.0 Å². The molecule has 1 unspecified atom stereocenters. The second-order valence-electron chi connectivity index (χ2n) is 7.37. The molecule has 0 bridgehead atoms. The van der Waals surface area contributed by atoms with E-state index in [-0.39, 0.29) is 12.1 Å². The highest BCUT2D eigenvalue weighted by atomic mass is 16.6. The molecule has 0 saturated heterocycles. The van der Waals surface area contributed by atoms with Crippen molar-refractivity contribution >= 4 is 11.4 Å². The lowest BCUT2D eigenvalue weighted by molar-refractivity contribution is 0.0374. The fourth-order valence-electron chi connectivity index (χ4n) is 2.83. The van der Waals surface area contributed by atoms with Crippen molar-refractivity contribution < 1.29 is 9.94 Å². The SMILES string of the molecule is CC(C)(C)NCC(O)CO/N=C1/c2ccccc2-c2ccc(N)cc21. The molecular weight excluding hydrogens is 314 g/mol. The van der Waals surface area contributed by atoms with Crippen molar-refractivity contribution in [2.24, 2.45) is 5.16 Å². The molecule has 0 heterocycles. The summed E-state index contributed by atoms with van der Waals surface area (Å²) in [5.74, 6) is 0. The average Bonchev–Trinajstić information content (AvgIpc) is 2.86. The van der Waals surface area contributed by atoms with Gasteiger partial charge in [-0.15, -0.1) is 0 Å². The van der Waals surface area contributed by atoms with Crippen LogP contribution in [0.25, 0.3) is 11.1 Å². The summed E-state index contributed by atoms with van der Waals surface area (Å²) >= 11 is 0. The number of β-amino-alcohol motifs (C(OH)–C–C–N with tert-alkyl or cyclic N) is 1. The summed E-state index contributed by atoms with van der Waals surface area (Å²) in [6.07, 6.45) is -0.625. The third kappa shape index (κ3) is 4.00. The fraction of sp³-hybridized carbons (Fsp3) is 0.350. The summed E-state index contributed by atoms with van der Waals surface area (Å²) in [5, 5.41) is 17.6. The standard InChI is InChI=1S/C20H25N3O2/c1-20(2,3)22-11-14(24)12-25-23-19-17-7-5-4-6-15(17)16-9-8-13(21)10-18(16)19/h4-10,14,22,24H,11-12,21H2,1-3H3/b23-19-. The third-order valence-electron chi connectivity index (χ3n) is 4.06. The van der Waals surface area contributed by atoms with E-state index >= 15 is 0 Å². The zero-order valence-corrected chi connectivity index (χ0v) is 14.9. The summed E-state index contributed by atoms with van der Waals surface area (Å²) in [7, 11) is 0. The lowest BCUT2D eigenvalue weighted by atomic mass is 10.1. The van der Waals surface area contributed by atoms with Crippen LogP contribution in [0.4, 0.5) is 5.69 Å². The largest absolute Gasteiger partial charge is 0.399 e. The second kappa shape index (κ2) is 6.86. The van der Waals surface area contributed by atoms with Crippen molar-refractivity contribution in [1.82, 2.24) is 5.32 Å². The molecule has 1 aliphatic carbocycles. The number of nitrogens with two attached hydrogens (primary N) is 1. The number of anilines is 1. The molecule has 0 aliphatic heterocycles. The summed E-state index contributed by atoms with van der Waals surface area (Å²) in [6.45, 7) is 6.74. The first-order chi connectivity index (χ1) is 11.8. The Balaban J connectivity index is 1.76. The van der Waals surface area contributed by atoms with Gasteiger partial charge in [0.25, 0.3) is 0 Å². The average molecular weight is 339 g/mol. The minimum atomic E-state index is -0.625. The Kier molecular flexibility index (Phi) is 4.79. The smallest absolute Gasteiger partial charge is 0.144 e. The van der Waals surface area contributed by atoms with Gasteiger partial charge in [0, 0.05) is 28.9 Å². The molecule has 5 heteroatoms. The first-order valence-corrected chi connectivity index (χ1v) is 8.48. The molecule has 3 rings (SSSR count). The minimum Gasteiger partial charge on any atom is -0.399 e. The van der Waals surface area contributed by atoms with Gasteiger partial charge in [0.15, 0.2) is 0 Å². The number of hydrogen-bond acceptors (Lipinski definition) is 5. The quantitative estimate of drug-likeness (QED) is 0.493. The first kappa shape index (κ1) is 17.5. The van der Waals surface area contributed by atoms with Crippen molar-refractivity contribution in [2.45, 2.75) is 32.4 Å². The van der Waals surface area contributed by atoms with E-state index in [2.05, 4.69) is 37.3 Å². The van der Waals surface area contributed by atoms with E-state index in [4.69, 9.17) is 10.6 Å². The number of nitrogens with one attached hydrogen (secondary N) is 1. The summed E-state index contributed by atoms with van der Waals surface area (Å²) in [5.41, 5.74) is 11.5. The fourth-order valence-corrected chi connectivity index (χ4v) is 2.83. The zero-order valence-electron chi connectivity index (χ0n) is 14.9. The van der Waals surface area contributed by atoms with E-state index in [0.29, 0.717) is 12.2 Å². The third-order valence-corrected chi connectivity index (χ3v) is 4.06. The Bertz CT molecular complexity index is 794. The first-order valence-electron chi connectivity index (χ1n) is 8.48. The highest BCUT2D eigenvalue weighted by Crippen LogP contribution is 2.37. The molecular formula is C20H25N3O2. The lowest BCUT2D eigenvalue weighted by Crippen LogP contribution is -2.42. The molecule has 0 amide bonds. The van der Waals surface area contributed by atoms with Crippen LogP contribution in [0.2, 0.25) is 0 Å². The van der Waals surface area contributed by atoms with Crippen molar-refractivity contribution in [3.05, 3.63) is 53.6 Å². The predicted molar refractivity (Wildman–Crippen MR) is 102 cm³/mol.